The average Bonchev–Trinajstić information content (AvgIpc) is 3.64. The van der Waals surface area contributed by atoms with Crippen LogP contribution in [0.4, 0.5) is 4.79 Å². The van der Waals surface area contributed by atoms with Crippen molar-refractivity contribution >= 4 is 57.3 Å². The van der Waals surface area contributed by atoms with Crippen LogP contribution in [0.2, 0.25) is 0 Å². The first-order valence-electron chi connectivity index (χ1n) is 20.7. The fourth-order valence-corrected chi connectivity index (χ4v) is 8.34. The van der Waals surface area contributed by atoms with Crippen molar-refractivity contribution in [2.45, 2.75) is 107 Å². The first-order valence-corrected chi connectivity index (χ1v) is 20.7. The van der Waals surface area contributed by atoms with Gasteiger partial charge in [-0.25, -0.2) is 4.79 Å². The van der Waals surface area contributed by atoms with E-state index >= 15 is 0 Å². The lowest BCUT2D eigenvalue weighted by Crippen LogP contribution is -2.54. The summed E-state index contributed by atoms with van der Waals surface area (Å²) in [6.45, 7) is 3.56. The number of hydrogen-bond acceptors (Lipinski definition) is 9. The lowest BCUT2D eigenvalue weighted by molar-refractivity contribution is -0.130. The second kappa shape index (κ2) is 21.6. The van der Waals surface area contributed by atoms with Gasteiger partial charge in [0.1, 0.15) is 6.61 Å². The van der Waals surface area contributed by atoms with Crippen LogP contribution in [-0.4, -0.2) is 115 Å². The molecule has 1 saturated heterocycles. The molecule has 4 bridgehead atoms. The highest BCUT2D eigenvalue weighted by Crippen LogP contribution is 2.24. The number of amides is 8. The van der Waals surface area contributed by atoms with Gasteiger partial charge in [0, 0.05) is 85.0 Å². The van der Waals surface area contributed by atoms with E-state index in [-0.39, 0.29) is 82.8 Å². The second-order valence-electron chi connectivity index (χ2n) is 15.8. The molecule has 17 nitrogen and oxygen atoms in total. The Labute approximate surface area is 358 Å². The highest BCUT2D eigenvalue weighted by atomic mass is 31.0. The number of fused-ring (bicyclic) bond motifs is 6. The zero-order chi connectivity index (χ0) is 42.8. The van der Waals surface area contributed by atoms with Crippen molar-refractivity contribution in [1.29, 1.82) is 0 Å². The minimum absolute atomic E-state index is 0. The van der Waals surface area contributed by atoms with Crippen LogP contribution in [-0.2, 0) is 14.3 Å². The Morgan fingerprint density at radius 3 is 1.64 bits per heavy atom. The number of nitrogens with one attached hydrogen (secondary N) is 7. The maximum Gasteiger partial charge on any atom is 0.407 e. The van der Waals surface area contributed by atoms with Crippen LogP contribution in [0.1, 0.15) is 122 Å². The minimum atomic E-state index is -0.803. The minimum Gasteiger partial charge on any atom is -0.445 e. The third-order valence-corrected chi connectivity index (χ3v) is 11.6. The van der Waals surface area contributed by atoms with Gasteiger partial charge in [-0.15, -0.1) is 0 Å². The number of alkyl carbamates (subject to hydrolysis) is 1. The molecule has 2 aliphatic carbocycles. The first-order chi connectivity index (χ1) is 28.9. The molecule has 0 aromatic heterocycles. The van der Waals surface area contributed by atoms with Crippen LogP contribution in [0.15, 0.2) is 55.1 Å². The van der Waals surface area contributed by atoms with Gasteiger partial charge in [-0.1, -0.05) is 44.4 Å². The molecule has 328 valence electrons. The molecule has 2 aromatic rings. The van der Waals surface area contributed by atoms with Crippen molar-refractivity contribution in [3.63, 3.8) is 0 Å². The molecule has 18 heteroatoms. The van der Waals surface area contributed by atoms with Crippen molar-refractivity contribution in [2.75, 3.05) is 26.7 Å². The third-order valence-electron chi connectivity index (χ3n) is 11.6. The Hall–Kier alpha value is -5.83. The maximum absolute atomic E-state index is 14.2. The zero-order valence-electron chi connectivity index (χ0n) is 34.5. The molecule has 8 amide bonds. The molecule has 2 aliphatic heterocycles. The summed E-state index contributed by atoms with van der Waals surface area (Å²) in [5.74, 6) is -2.98. The predicted octanol–water partition coefficient (Wildman–Crippen LogP) is 2.14. The molecule has 2 unspecified atom stereocenters. The number of nitrogens with zero attached hydrogens (tertiary/aromatic N) is 1. The van der Waals surface area contributed by atoms with Gasteiger partial charge in [0.15, 0.2) is 0 Å². The van der Waals surface area contributed by atoms with E-state index in [1.54, 1.807) is 24.3 Å². The van der Waals surface area contributed by atoms with Gasteiger partial charge in [-0.3, -0.25) is 33.6 Å². The lowest BCUT2D eigenvalue weighted by Gasteiger charge is -2.33. The SMILES string of the molecule is C=CCOC(=O)N[C@H]1CN(C(=O)CCCC(=O)NC)CC1NC(=O)c1cc2cc(c1)C(=O)N[C@@H]1CCCC[C@H]1NC(=O)c1cccc(c1)C(=O)N[C@@H]1CCCC[C@H]1NC2=O.P. The Morgan fingerprint density at radius 1 is 0.705 bits per heavy atom. The average molecular weight is 861 g/mol. The number of carbonyl (C=O) groups is 8. The Bertz CT molecular complexity index is 1930. The van der Waals surface area contributed by atoms with Crippen LogP contribution in [0.25, 0.3) is 0 Å². The highest BCUT2D eigenvalue weighted by Gasteiger charge is 2.38. The largest absolute Gasteiger partial charge is 0.445 e. The summed E-state index contributed by atoms with van der Waals surface area (Å²) in [4.78, 5) is 108. The molecule has 3 fully saturated rings. The molecule has 61 heavy (non-hydrogen) atoms. The summed E-state index contributed by atoms with van der Waals surface area (Å²) in [5.41, 5.74) is 0.655. The lowest BCUT2D eigenvalue weighted by atomic mass is 9.89. The molecule has 0 radical (unpaired) electrons. The van der Waals surface area contributed by atoms with Crippen LogP contribution >= 0.6 is 9.90 Å². The molecule has 7 atom stereocenters. The van der Waals surface area contributed by atoms with E-state index in [1.807, 2.05) is 0 Å². The van der Waals surface area contributed by atoms with Gasteiger partial charge in [0.2, 0.25) is 11.8 Å². The Kier molecular flexibility index (Phi) is 16.4. The van der Waals surface area contributed by atoms with Crippen LogP contribution in [0.3, 0.4) is 0 Å². The van der Waals surface area contributed by atoms with Crippen LogP contribution in [0.5, 0.6) is 0 Å². The van der Waals surface area contributed by atoms with Crippen molar-refractivity contribution in [1.82, 2.24) is 42.1 Å². The molecule has 2 heterocycles. The summed E-state index contributed by atoms with van der Waals surface area (Å²) >= 11 is 0. The monoisotopic (exact) mass is 860 g/mol. The van der Waals surface area contributed by atoms with E-state index in [0.717, 1.165) is 25.7 Å². The predicted molar refractivity (Wildman–Crippen MR) is 230 cm³/mol. The third kappa shape index (κ3) is 12.1. The summed E-state index contributed by atoms with van der Waals surface area (Å²) in [7, 11) is 1.51. The van der Waals surface area contributed by atoms with Gasteiger partial charge < -0.3 is 46.9 Å². The van der Waals surface area contributed by atoms with Crippen LogP contribution < -0.4 is 37.2 Å². The molecule has 0 spiro atoms. The zero-order valence-corrected chi connectivity index (χ0v) is 35.9. The molecule has 6 rings (SSSR count). The van der Waals surface area contributed by atoms with E-state index in [0.29, 0.717) is 43.2 Å². The first kappa shape index (κ1) is 46.2. The number of carbonyl (C=O) groups excluding carboxylic acids is 8. The van der Waals surface area contributed by atoms with Gasteiger partial charge in [-0.05, 0) is 68.5 Å². The van der Waals surface area contributed by atoms with Gasteiger partial charge in [-0.2, -0.15) is 9.90 Å². The molecule has 2 saturated carbocycles. The molecule has 7 N–H and O–H groups in total. The standard InChI is InChI=1S/C43H54N8O9.H3P/c1-3-18-60-43(59)50-35-24-51(37(53)17-9-16-36(52)44-2)23-34(35)49-42(58)29-21-27-20-28(22-29)41(57)48-33-15-7-5-13-31(33)46-39(55)26-11-8-10-25(19-26)38(54)45-30-12-4-6-14-32(30)47-40(27)56;/h3,8,10-11,19-22,30-35H,1,4-7,9,12-18,23-24H2,2H3,(H,44,52)(H,45,54)(H,46,55)(H,47,56)(H,48,57)(H,49,58)(H,50,59);1H3/t30-,31-,32-,33-,34?,35+;/m1./s1. The van der Waals surface area contributed by atoms with E-state index in [2.05, 4.69) is 43.8 Å². The fraction of sp³-hybridized carbons (Fsp3) is 0.488. The Morgan fingerprint density at radius 2 is 1.16 bits per heavy atom. The number of benzene rings is 2. The van der Waals surface area contributed by atoms with E-state index in [1.165, 1.54) is 36.2 Å². The normalized spacial score (nSPS) is 23.9. The summed E-state index contributed by atoms with van der Waals surface area (Å²) in [6.07, 6.45) is 6.75. The van der Waals surface area contributed by atoms with Crippen molar-refractivity contribution in [2.24, 2.45) is 0 Å². The summed E-state index contributed by atoms with van der Waals surface area (Å²) in [5, 5.41) is 20.3. The highest BCUT2D eigenvalue weighted by molar-refractivity contribution is 6.92. The maximum atomic E-state index is 14.2. The molecule has 2 aromatic carbocycles. The van der Waals surface area contributed by atoms with E-state index in [4.69, 9.17) is 4.74 Å². The van der Waals surface area contributed by atoms with Gasteiger partial charge >= 0.3 is 6.09 Å². The van der Waals surface area contributed by atoms with Gasteiger partial charge in [0.25, 0.3) is 29.5 Å². The number of ether oxygens (including phenoxy) is 1. The number of likely N-dealkylation sites (tertiary alicyclic amines) is 1. The molecular weight excluding hydrogens is 803 g/mol. The molecular formula is C43H57N8O9P. The summed E-state index contributed by atoms with van der Waals surface area (Å²) in [6, 6.07) is 7.26. The van der Waals surface area contributed by atoms with Crippen molar-refractivity contribution in [3.05, 3.63) is 82.9 Å². The smallest absolute Gasteiger partial charge is 0.407 e. The number of rotatable bonds is 9. The van der Waals surface area contributed by atoms with E-state index < -0.39 is 60.1 Å². The van der Waals surface area contributed by atoms with E-state index in [9.17, 15) is 38.4 Å². The topological polar surface area (TPSA) is 233 Å². The summed E-state index contributed by atoms with van der Waals surface area (Å²) < 4.78 is 5.11. The fourth-order valence-electron chi connectivity index (χ4n) is 8.34. The number of hydrogen-bond donors (Lipinski definition) is 7. The second-order valence-corrected chi connectivity index (χ2v) is 15.8. The van der Waals surface area contributed by atoms with Crippen molar-refractivity contribution < 1.29 is 43.1 Å². The molecule has 4 aliphatic rings. The quantitative estimate of drug-likeness (QED) is 0.144. The van der Waals surface area contributed by atoms with Crippen LogP contribution in [0, 0.1) is 0 Å². The van der Waals surface area contributed by atoms with Gasteiger partial charge in [0.05, 0.1) is 12.1 Å². The van der Waals surface area contributed by atoms with Crippen molar-refractivity contribution in [3.8, 4) is 0 Å². The Balaban J connectivity index is 0.00000704.